The molecule has 1 aliphatic heterocycles. The van der Waals surface area contributed by atoms with Gasteiger partial charge in [-0.15, -0.1) is 0 Å². The molecule has 1 aromatic carbocycles. The molecule has 0 aliphatic carbocycles. The Kier molecular flexibility index (Phi) is 7.16. The Morgan fingerprint density at radius 3 is 2.35 bits per heavy atom. The topological polar surface area (TPSA) is 86.8 Å². The van der Waals surface area contributed by atoms with Gasteiger partial charge in [0.05, 0.1) is 12.8 Å². The number of rotatable bonds is 7. The largest absolute Gasteiger partial charge is 0.347 e. The van der Waals surface area contributed by atoms with E-state index in [1.54, 1.807) is 4.90 Å². The summed E-state index contributed by atoms with van der Waals surface area (Å²) >= 11 is 0. The number of carbonyl (C=O) groups excluding carboxylic acids is 2. The second kappa shape index (κ2) is 9.14. The molecule has 144 valence electrons. The van der Waals surface area contributed by atoms with Gasteiger partial charge in [0.2, 0.25) is 21.8 Å². The highest BCUT2D eigenvalue weighted by Gasteiger charge is 2.29. The van der Waals surface area contributed by atoms with E-state index in [4.69, 9.17) is 0 Å². The first kappa shape index (κ1) is 20.4. The van der Waals surface area contributed by atoms with Crippen molar-refractivity contribution < 1.29 is 18.0 Å². The van der Waals surface area contributed by atoms with Crippen molar-refractivity contribution in [1.82, 2.24) is 14.5 Å². The van der Waals surface area contributed by atoms with Crippen molar-refractivity contribution in [1.29, 1.82) is 0 Å². The predicted molar refractivity (Wildman–Crippen MR) is 99.7 cm³/mol. The molecule has 1 fully saturated rings. The Morgan fingerprint density at radius 1 is 1.19 bits per heavy atom. The summed E-state index contributed by atoms with van der Waals surface area (Å²) in [6.45, 7) is 3.64. The summed E-state index contributed by atoms with van der Waals surface area (Å²) in [6, 6.07) is 9.71. The quantitative estimate of drug-likeness (QED) is 0.758. The third-order valence-corrected chi connectivity index (χ3v) is 5.96. The molecule has 0 aromatic heterocycles. The van der Waals surface area contributed by atoms with E-state index in [9.17, 15) is 18.0 Å². The number of sulfonamides is 1. The maximum Gasteiger partial charge on any atom is 0.242 e. The summed E-state index contributed by atoms with van der Waals surface area (Å²) in [6.07, 6.45) is 2.14. The Labute approximate surface area is 155 Å². The Morgan fingerprint density at radius 2 is 1.81 bits per heavy atom. The smallest absolute Gasteiger partial charge is 0.242 e. The van der Waals surface area contributed by atoms with Crippen LogP contribution < -0.4 is 5.32 Å². The van der Waals surface area contributed by atoms with Crippen LogP contribution in [0.15, 0.2) is 30.3 Å². The molecule has 1 aromatic rings. The number of benzene rings is 1. The molecule has 0 saturated carbocycles. The fourth-order valence-electron chi connectivity index (χ4n) is 3.05. The fraction of sp³-hybridized carbons (Fsp3) is 0.556. The van der Waals surface area contributed by atoms with Crippen LogP contribution in [-0.4, -0.2) is 61.9 Å². The highest BCUT2D eigenvalue weighted by molar-refractivity contribution is 7.88. The first-order valence-corrected chi connectivity index (χ1v) is 10.7. The summed E-state index contributed by atoms with van der Waals surface area (Å²) in [5, 5.41) is 2.71. The first-order chi connectivity index (χ1) is 12.3. The van der Waals surface area contributed by atoms with Gasteiger partial charge in [-0.25, -0.2) is 12.7 Å². The molecule has 0 bridgehead atoms. The number of hydrogen-bond donors (Lipinski definition) is 1. The number of likely N-dealkylation sites (N-methyl/N-ethyl adjacent to an activating group) is 1. The number of nitrogens with zero attached hydrogens (tertiary/aromatic N) is 2. The SMILES string of the molecule is CCN(Cc1ccccc1)C(=O)CNC(=O)C1CCN(S(C)(=O)=O)CC1. The Bertz CT molecular complexity index is 713. The van der Waals surface area contributed by atoms with Gasteiger partial charge in [-0.05, 0) is 25.3 Å². The van der Waals surface area contributed by atoms with Crippen LogP contribution in [-0.2, 0) is 26.2 Å². The number of piperidine rings is 1. The van der Waals surface area contributed by atoms with Crippen LogP contribution >= 0.6 is 0 Å². The molecule has 1 N–H and O–H groups in total. The van der Waals surface area contributed by atoms with Gasteiger partial charge in [0, 0.05) is 32.1 Å². The third kappa shape index (κ3) is 5.81. The van der Waals surface area contributed by atoms with E-state index in [0.29, 0.717) is 39.0 Å². The number of amides is 2. The second-order valence-electron chi connectivity index (χ2n) is 6.55. The fourth-order valence-corrected chi connectivity index (χ4v) is 3.92. The van der Waals surface area contributed by atoms with E-state index < -0.39 is 10.0 Å². The zero-order valence-electron chi connectivity index (χ0n) is 15.3. The summed E-state index contributed by atoms with van der Waals surface area (Å²) in [5.74, 6) is -0.550. The van der Waals surface area contributed by atoms with Crippen LogP contribution in [0.4, 0.5) is 0 Å². The van der Waals surface area contributed by atoms with Gasteiger partial charge in [0.1, 0.15) is 0 Å². The van der Waals surface area contributed by atoms with Gasteiger partial charge in [-0.2, -0.15) is 0 Å². The zero-order valence-corrected chi connectivity index (χ0v) is 16.2. The molecule has 2 amide bonds. The lowest BCUT2D eigenvalue weighted by Gasteiger charge is -2.29. The molecule has 1 heterocycles. The molecule has 1 aliphatic rings. The lowest BCUT2D eigenvalue weighted by atomic mass is 9.97. The van der Waals surface area contributed by atoms with Crippen LogP contribution in [0.3, 0.4) is 0 Å². The predicted octanol–water partition coefficient (Wildman–Crippen LogP) is 0.823. The van der Waals surface area contributed by atoms with Crippen molar-refractivity contribution in [3.63, 3.8) is 0 Å². The van der Waals surface area contributed by atoms with Gasteiger partial charge in [-0.3, -0.25) is 9.59 Å². The number of nitrogens with one attached hydrogen (secondary N) is 1. The maximum atomic E-state index is 12.4. The second-order valence-corrected chi connectivity index (χ2v) is 8.53. The molecule has 8 heteroatoms. The zero-order chi connectivity index (χ0) is 19.2. The van der Waals surface area contributed by atoms with Crippen LogP contribution in [0.2, 0.25) is 0 Å². The summed E-state index contributed by atoms with van der Waals surface area (Å²) in [7, 11) is -3.20. The van der Waals surface area contributed by atoms with E-state index in [0.717, 1.165) is 5.56 Å². The molecular weight excluding hydrogens is 354 g/mol. The molecule has 0 radical (unpaired) electrons. The van der Waals surface area contributed by atoms with Crippen LogP contribution in [0.5, 0.6) is 0 Å². The number of carbonyl (C=O) groups is 2. The molecule has 1 saturated heterocycles. The summed E-state index contributed by atoms with van der Waals surface area (Å²) in [4.78, 5) is 26.3. The highest BCUT2D eigenvalue weighted by atomic mass is 32.2. The van der Waals surface area contributed by atoms with E-state index in [1.807, 2.05) is 37.3 Å². The highest BCUT2D eigenvalue weighted by Crippen LogP contribution is 2.19. The minimum atomic E-state index is -3.20. The molecule has 2 rings (SSSR count). The minimum Gasteiger partial charge on any atom is -0.347 e. The van der Waals surface area contributed by atoms with E-state index in [-0.39, 0.29) is 24.3 Å². The third-order valence-electron chi connectivity index (χ3n) is 4.66. The minimum absolute atomic E-state index is 0.0359. The van der Waals surface area contributed by atoms with Gasteiger partial charge in [-0.1, -0.05) is 30.3 Å². The lowest BCUT2D eigenvalue weighted by molar-refractivity contribution is -0.134. The Balaban J connectivity index is 1.80. The molecule has 0 atom stereocenters. The average Bonchev–Trinajstić information content (AvgIpc) is 2.64. The summed E-state index contributed by atoms with van der Waals surface area (Å²) < 4.78 is 24.4. The van der Waals surface area contributed by atoms with Crippen LogP contribution in [0.1, 0.15) is 25.3 Å². The van der Waals surface area contributed by atoms with Crippen LogP contribution in [0, 0.1) is 5.92 Å². The van der Waals surface area contributed by atoms with Crippen molar-refractivity contribution in [2.24, 2.45) is 5.92 Å². The monoisotopic (exact) mass is 381 g/mol. The lowest BCUT2D eigenvalue weighted by Crippen LogP contribution is -2.45. The molecule has 7 nitrogen and oxygen atoms in total. The van der Waals surface area contributed by atoms with Gasteiger partial charge < -0.3 is 10.2 Å². The maximum absolute atomic E-state index is 12.4. The van der Waals surface area contributed by atoms with Crippen molar-refractivity contribution in [2.75, 3.05) is 32.4 Å². The van der Waals surface area contributed by atoms with Gasteiger partial charge in [0.15, 0.2) is 0 Å². The first-order valence-electron chi connectivity index (χ1n) is 8.85. The summed E-state index contributed by atoms with van der Waals surface area (Å²) in [5.41, 5.74) is 1.04. The van der Waals surface area contributed by atoms with E-state index in [2.05, 4.69) is 5.32 Å². The standard InChI is InChI=1S/C18H27N3O4S/c1-3-20(14-15-7-5-4-6-8-15)17(22)13-19-18(23)16-9-11-21(12-10-16)26(2,24)25/h4-8,16H,3,9-14H2,1-2H3,(H,19,23). The van der Waals surface area contributed by atoms with Gasteiger partial charge in [0.25, 0.3) is 0 Å². The van der Waals surface area contributed by atoms with Crippen LogP contribution in [0.25, 0.3) is 0 Å². The number of hydrogen-bond acceptors (Lipinski definition) is 4. The Hall–Kier alpha value is -1.93. The molecule has 0 unspecified atom stereocenters. The van der Waals surface area contributed by atoms with Crippen molar-refractivity contribution in [3.8, 4) is 0 Å². The van der Waals surface area contributed by atoms with Crippen molar-refractivity contribution in [3.05, 3.63) is 35.9 Å². The van der Waals surface area contributed by atoms with E-state index >= 15 is 0 Å². The van der Waals surface area contributed by atoms with Crippen molar-refractivity contribution >= 4 is 21.8 Å². The molecular formula is C18H27N3O4S. The van der Waals surface area contributed by atoms with Crippen molar-refractivity contribution in [2.45, 2.75) is 26.3 Å². The average molecular weight is 381 g/mol. The van der Waals surface area contributed by atoms with Gasteiger partial charge >= 0.3 is 0 Å². The molecule has 26 heavy (non-hydrogen) atoms. The molecule has 0 spiro atoms. The van der Waals surface area contributed by atoms with E-state index in [1.165, 1.54) is 10.6 Å². The normalized spacial score (nSPS) is 16.2.